The third kappa shape index (κ3) is 14.9. The number of aryl methyl sites for hydroxylation is 1. The molecule has 1 unspecified atom stereocenters. The Hall–Kier alpha value is -5.42. The van der Waals surface area contributed by atoms with E-state index in [-0.39, 0.29) is 13.2 Å². The molecular weight excluding hydrogens is 656 g/mol. The first-order valence-electron chi connectivity index (χ1n) is 16.9. The largest absolute Gasteiger partial charge is 0.494 e. The molecule has 0 aliphatic heterocycles. The summed E-state index contributed by atoms with van der Waals surface area (Å²) in [6.45, 7) is 11.9. The van der Waals surface area contributed by atoms with Gasteiger partial charge < -0.3 is 33.2 Å². The normalized spacial score (nSPS) is 11.1. The molecule has 0 aromatic heterocycles. The molecule has 3 aromatic carbocycles. The zero-order valence-corrected chi connectivity index (χ0v) is 29.3. The van der Waals surface area contributed by atoms with E-state index in [0.29, 0.717) is 72.4 Å². The topological polar surface area (TPSA) is 133 Å². The lowest BCUT2D eigenvalue weighted by Crippen LogP contribution is -2.29. The molecule has 0 radical (unpaired) electrons. The second-order valence-corrected chi connectivity index (χ2v) is 11.4. The number of carbonyl (C=O) groups is 4. The van der Waals surface area contributed by atoms with Gasteiger partial charge in [-0.15, -0.1) is 0 Å². The highest BCUT2D eigenvalue weighted by Crippen LogP contribution is 2.26. The van der Waals surface area contributed by atoms with E-state index in [9.17, 15) is 19.2 Å². The van der Waals surface area contributed by atoms with Crippen LogP contribution in [0.4, 0.5) is 0 Å². The molecule has 3 rings (SSSR count). The summed E-state index contributed by atoms with van der Waals surface area (Å²) in [7, 11) is 0. The zero-order valence-electron chi connectivity index (χ0n) is 29.3. The van der Waals surface area contributed by atoms with Gasteiger partial charge >= 0.3 is 23.9 Å². The molecule has 0 bridgehead atoms. The van der Waals surface area contributed by atoms with Gasteiger partial charge in [0.05, 0.1) is 30.9 Å². The summed E-state index contributed by atoms with van der Waals surface area (Å²) in [5.41, 5.74) is 1.35. The highest BCUT2D eigenvalue weighted by molar-refractivity contribution is 5.92. The number of ether oxygens (including phenoxy) is 7. The molecule has 0 spiro atoms. The van der Waals surface area contributed by atoms with Gasteiger partial charge in [0.2, 0.25) is 0 Å². The maximum atomic E-state index is 12.8. The van der Waals surface area contributed by atoms with Gasteiger partial charge in [0.25, 0.3) is 0 Å². The highest BCUT2D eigenvalue weighted by Gasteiger charge is 2.16. The molecule has 3 aromatic rings. The summed E-state index contributed by atoms with van der Waals surface area (Å²) in [4.78, 5) is 48.3. The van der Waals surface area contributed by atoms with E-state index in [1.54, 1.807) is 73.7 Å². The van der Waals surface area contributed by atoms with Crippen LogP contribution in [0, 0.1) is 6.92 Å². The Kier molecular flexibility index (Phi) is 17.5. The first-order valence-corrected chi connectivity index (χ1v) is 16.9. The van der Waals surface area contributed by atoms with Crippen molar-refractivity contribution in [2.45, 2.75) is 58.5 Å². The molecule has 0 fully saturated rings. The molecular formula is C40H46O11. The Morgan fingerprint density at radius 3 is 1.76 bits per heavy atom. The first-order chi connectivity index (χ1) is 24.7. The van der Waals surface area contributed by atoms with Crippen LogP contribution in [0.25, 0.3) is 0 Å². The summed E-state index contributed by atoms with van der Waals surface area (Å²) < 4.78 is 38.2. The fraction of sp³-hybridized carbons (Fsp3) is 0.350. The van der Waals surface area contributed by atoms with E-state index >= 15 is 0 Å². The van der Waals surface area contributed by atoms with Crippen LogP contribution in [0.2, 0.25) is 0 Å². The summed E-state index contributed by atoms with van der Waals surface area (Å²) in [6, 6.07) is 18.2. The van der Waals surface area contributed by atoms with Gasteiger partial charge in [-0.25, -0.2) is 19.2 Å². The molecule has 11 nitrogen and oxygen atoms in total. The molecule has 0 saturated heterocycles. The van der Waals surface area contributed by atoms with Crippen molar-refractivity contribution in [3.8, 4) is 23.0 Å². The van der Waals surface area contributed by atoms with Crippen molar-refractivity contribution in [3.05, 3.63) is 109 Å². The Morgan fingerprint density at radius 1 is 0.647 bits per heavy atom. The van der Waals surface area contributed by atoms with Crippen LogP contribution in [0.5, 0.6) is 23.0 Å². The maximum absolute atomic E-state index is 12.8. The fourth-order valence-corrected chi connectivity index (χ4v) is 4.49. The summed E-state index contributed by atoms with van der Waals surface area (Å²) in [6.07, 6.45) is 7.09. The number of carbonyl (C=O) groups excluding carboxylic acids is 4. The van der Waals surface area contributed by atoms with Crippen LogP contribution in [0.3, 0.4) is 0 Å². The molecule has 0 heterocycles. The van der Waals surface area contributed by atoms with E-state index in [0.717, 1.165) is 25.0 Å². The minimum atomic E-state index is -0.770. The Morgan fingerprint density at radius 2 is 1.20 bits per heavy atom. The number of esters is 4. The molecule has 0 saturated carbocycles. The molecule has 11 heteroatoms. The van der Waals surface area contributed by atoms with Crippen molar-refractivity contribution < 1.29 is 52.3 Å². The lowest BCUT2D eigenvalue weighted by molar-refractivity contribution is -0.156. The van der Waals surface area contributed by atoms with Gasteiger partial charge in [-0.2, -0.15) is 0 Å². The van der Waals surface area contributed by atoms with Crippen LogP contribution < -0.4 is 18.9 Å². The van der Waals surface area contributed by atoms with Crippen molar-refractivity contribution in [1.29, 1.82) is 0 Å². The van der Waals surface area contributed by atoms with Crippen molar-refractivity contribution in [3.63, 3.8) is 0 Å². The minimum Gasteiger partial charge on any atom is -0.494 e. The van der Waals surface area contributed by atoms with Crippen molar-refractivity contribution >= 4 is 23.9 Å². The maximum Gasteiger partial charge on any atom is 0.343 e. The predicted octanol–water partition coefficient (Wildman–Crippen LogP) is 7.40. The van der Waals surface area contributed by atoms with Crippen molar-refractivity contribution in [2.75, 3.05) is 33.0 Å². The van der Waals surface area contributed by atoms with Crippen LogP contribution in [-0.4, -0.2) is 63.0 Å². The van der Waals surface area contributed by atoms with E-state index in [2.05, 4.69) is 20.1 Å². The molecule has 0 amide bonds. The lowest BCUT2D eigenvalue weighted by Gasteiger charge is -2.17. The van der Waals surface area contributed by atoms with Crippen LogP contribution in [0.15, 0.2) is 92.0 Å². The Balaban J connectivity index is 1.37. The first kappa shape index (κ1) is 40.0. The average molecular weight is 703 g/mol. The monoisotopic (exact) mass is 702 g/mol. The fourth-order valence-electron chi connectivity index (χ4n) is 4.49. The van der Waals surface area contributed by atoms with Gasteiger partial charge in [-0.05, 0) is 98.5 Å². The van der Waals surface area contributed by atoms with Crippen molar-refractivity contribution in [1.82, 2.24) is 0 Å². The summed E-state index contributed by atoms with van der Waals surface area (Å²) in [5.74, 6) is -0.376. The highest BCUT2D eigenvalue weighted by atomic mass is 16.6. The average Bonchev–Trinajstić information content (AvgIpc) is 3.14. The van der Waals surface area contributed by atoms with Crippen LogP contribution >= 0.6 is 0 Å². The second kappa shape index (κ2) is 22.3. The molecule has 1 atom stereocenters. The number of unbranched alkanes of at least 4 members (excludes halogenated alkanes) is 4. The third-order valence-electron chi connectivity index (χ3n) is 7.29. The smallest absolute Gasteiger partial charge is 0.343 e. The van der Waals surface area contributed by atoms with Gasteiger partial charge in [0.1, 0.15) is 29.6 Å². The second-order valence-electron chi connectivity index (χ2n) is 11.4. The Bertz CT molecular complexity index is 1580. The molecule has 0 aliphatic rings. The quantitative estimate of drug-likeness (QED) is 0.0424. The Labute approximate surface area is 299 Å². The third-order valence-corrected chi connectivity index (χ3v) is 7.29. The number of hydrogen-bond acceptors (Lipinski definition) is 11. The van der Waals surface area contributed by atoms with E-state index in [4.69, 9.17) is 33.2 Å². The molecule has 0 aliphatic carbocycles. The molecule has 272 valence electrons. The summed E-state index contributed by atoms with van der Waals surface area (Å²) >= 11 is 0. The van der Waals surface area contributed by atoms with E-state index < -0.39 is 30.0 Å². The standard InChI is InChI=1S/C40H46O11/c1-5-8-9-10-24-46-32-17-13-30(14-18-32)39(43)50-34-21-22-36(29(4)26-34)51-40(44)31-15-19-33(20-16-31)47-25-12-11-23-45-27-35(49-38(42)7-3)28-48-37(41)6-2/h6-7,13-22,26,35H,2-3,5,8-12,23-25,27-28H2,1,4H3. The van der Waals surface area contributed by atoms with Gasteiger partial charge in [0, 0.05) is 18.8 Å². The van der Waals surface area contributed by atoms with E-state index in [1.165, 1.54) is 12.8 Å². The van der Waals surface area contributed by atoms with E-state index in [1.807, 2.05) is 0 Å². The minimum absolute atomic E-state index is 0.0460. The predicted molar refractivity (Wildman–Crippen MR) is 190 cm³/mol. The van der Waals surface area contributed by atoms with Crippen LogP contribution in [0.1, 0.15) is 71.7 Å². The summed E-state index contributed by atoms with van der Waals surface area (Å²) in [5, 5.41) is 0. The van der Waals surface area contributed by atoms with Crippen molar-refractivity contribution in [2.24, 2.45) is 0 Å². The number of benzene rings is 3. The van der Waals surface area contributed by atoms with Gasteiger partial charge in [0.15, 0.2) is 6.10 Å². The molecule has 0 N–H and O–H groups in total. The number of rotatable bonds is 23. The molecule has 51 heavy (non-hydrogen) atoms. The SMILES string of the molecule is C=CC(=O)OCC(COCCCCOc1ccc(C(=O)Oc2ccc(OC(=O)c3ccc(OCCCCCC)cc3)cc2C)cc1)OC(=O)C=C. The number of hydrogen-bond donors (Lipinski definition) is 0. The van der Waals surface area contributed by atoms with Gasteiger partial charge in [-0.3, -0.25) is 0 Å². The zero-order chi connectivity index (χ0) is 36.8. The lowest BCUT2D eigenvalue weighted by atomic mass is 10.2. The van der Waals surface area contributed by atoms with Crippen LogP contribution in [-0.2, 0) is 23.8 Å². The van der Waals surface area contributed by atoms with Gasteiger partial charge in [-0.1, -0.05) is 39.3 Å².